The highest BCUT2D eigenvalue weighted by Crippen LogP contribution is 2.64. The number of anilines is 3. The Labute approximate surface area is 439 Å². The molecule has 13 aromatic rings. The first kappa shape index (κ1) is 42.4. The third kappa shape index (κ3) is 5.87. The molecule has 0 N–H and O–H groups in total. The molecule has 75 heavy (non-hydrogen) atoms. The Bertz CT molecular complexity index is 4370. The summed E-state index contributed by atoms with van der Waals surface area (Å²) in [6.45, 7) is 0. The van der Waals surface area contributed by atoms with Gasteiger partial charge >= 0.3 is 0 Å². The fourth-order valence-corrected chi connectivity index (χ4v) is 14.8. The van der Waals surface area contributed by atoms with Crippen LogP contribution in [0.25, 0.3) is 66.1 Å². The molecule has 0 fully saturated rings. The highest BCUT2D eigenvalue weighted by Gasteiger charge is 2.51. The van der Waals surface area contributed by atoms with Crippen LogP contribution in [0.2, 0.25) is 0 Å². The lowest BCUT2D eigenvalue weighted by molar-refractivity contribution is 0.672. The van der Waals surface area contributed by atoms with Crippen LogP contribution in [0.5, 0.6) is 0 Å². The van der Waals surface area contributed by atoms with Gasteiger partial charge in [0.05, 0.1) is 10.8 Å². The molecule has 0 saturated carbocycles. The van der Waals surface area contributed by atoms with Gasteiger partial charge in [-0.25, -0.2) is 0 Å². The third-order valence-electron chi connectivity index (χ3n) is 16.6. The number of hydrogen-bond acceptors (Lipinski definition) is 3. The minimum Gasteiger partial charge on any atom is -0.455 e. The number of rotatable bonds is 6. The zero-order chi connectivity index (χ0) is 49.2. The number of furan rings is 1. The van der Waals surface area contributed by atoms with Crippen LogP contribution in [0.1, 0.15) is 44.5 Å². The van der Waals surface area contributed by atoms with Crippen molar-refractivity contribution >= 4 is 61.5 Å². The number of para-hydroxylation sites is 1. The molecule has 2 aliphatic carbocycles. The average molecular weight is 972 g/mol. The van der Waals surface area contributed by atoms with E-state index in [4.69, 9.17) is 4.42 Å². The van der Waals surface area contributed by atoms with Crippen LogP contribution in [0.4, 0.5) is 17.1 Å². The van der Waals surface area contributed by atoms with E-state index in [0.29, 0.717) is 0 Å². The third-order valence-corrected chi connectivity index (χ3v) is 17.8. The number of hydrogen-bond donors (Lipinski definition) is 0. The Balaban J connectivity index is 0.900. The van der Waals surface area contributed by atoms with Crippen LogP contribution < -0.4 is 4.90 Å². The van der Waals surface area contributed by atoms with Crippen molar-refractivity contribution in [3.8, 4) is 33.4 Å². The zero-order valence-electron chi connectivity index (χ0n) is 40.7. The molecule has 0 amide bonds. The Morgan fingerprint density at radius 3 is 1.59 bits per heavy atom. The number of benzene rings is 12. The molecule has 3 aliphatic rings. The fourth-order valence-electron chi connectivity index (χ4n) is 13.6. The summed E-state index contributed by atoms with van der Waals surface area (Å²) in [6.07, 6.45) is 0. The van der Waals surface area contributed by atoms with E-state index >= 15 is 0 Å². The van der Waals surface area contributed by atoms with Gasteiger partial charge in [0.25, 0.3) is 0 Å². The van der Waals surface area contributed by atoms with E-state index in [2.05, 4.69) is 272 Å². The van der Waals surface area contributed by atoms with E-state index in [9.17, 15) is 0 Å². The smallest absolute Gasteiger partial charge is 0.143 e. The van der Waals surface area contributed by atoms with Crippen molar-refractivity contribution in [2.24, 2.45) is 0 Å². The molecular formula is C72H45NOS. The molecule has 0 saturated heterocycles. The minimum absolute atomic E-state index is 0.441. The molecule has 3 heteroatoms. The second-order valence-corrected chi connectivity index (χ2v) is 21.3. The minimum atomic E-state index is -0.546. The summed E-state index contributed by atoms with van der Waals surface area (Å²) >= 11 is 1.89. The van der Waals surface area contributed by atoms with Gasteiger partial charge in [-0.1, -0.05) is 218 Å². The monoisotopic (exact) mass is 971 g/mol. The molecule has 12 aromatic carbocycles. The molecule has 0 bridgehead atoms. The number of nitrogens with zero attached hydrogens (tertiary/aromatic N) is 1. The summed E-state index contributed by atoms with van der Waals surface area (Å²) in [5.74, 6) is 0. The Hall–Kier alpha value is -9.15. The van der Waals surface area contributed by atoms with Crippen molar-refractivity contribution in [2.75, 3.05) is 4.90 Å². The maximum atomic E-state index is 6.59. The Kier molecular flexibility index (Phi) is 9.14. The standard InChI is InChI=1S/C72H45NOS/c1-3-18-48(19-4-1)71(49-20-5-2-6-21-49)60-26-10-7-22-55(60)56-43-40-52(45-65(56)71)73(51-39-42-54-47(44-51)36-41-58-57-23-9-14-31-66(57)74-70(54)58)50-37-34-46(35-38-50)53-25-17-30-64-69(53)59-24-8-11-27-61(59)72(64)62-28-12-15-32-67(62)75-68-33-16-13-29-63(68)72/h1-45H. The summed E-state index contributed by atoms with van der Waals surface area (Å²) in [5, 5.41) is 4.48. The summed E-state index contributed by atoms with van der Waals surface area (Å²) in [7, 11) is 0. The molecule has 16 rings (SSSR count). The SMILES string of the molecule is c1ccc(C2(c3ccccc3)c3ccccc3-c3ccc(N(c4ccc(-c5cccc6c5-c5ccccc5C65c6ccccc6Sc6ccccc65)cc4)c4ccc5c(ccc6c7ccccc7oc56)c4)cc32)cc1. The van der Waals surface area contributed by atoms with Crippen LogP contribution in [0.3, 0.4) is 0 Å². The highest BCUT2D eigenvalue weighted by atomic mass is 32.2. The molecule has 1 spiro atoms. The van der Waals surface area contributed by atoms with Crippen LogP contribution >= 0.6 is 11.8 Å². The van der Waals surface area contributed by atoms with E-state index in [1.165, 1.54) is 87.7 Å². The molecule has 2 nitrogen and oxygen atoms in total. The molecule has 0 atom stereocenters. The van der Waals surface area contributed by atoms with Gasteiger partial charge in [0.1, 0.15) is 11.2 Å². The van der Waals surface area contributed by atoms with Gasteiger partial charge < -0.3 is 9.32 Å². The predicted molar refractivity (Wildman–Crippen MR) is 310 cm³/mol. The van der Waals surface area contributed by atoms with E-state index in [-0.39, 0.29) is 0 Å². The zero-order valence-corrected chi connectivity index (χ0v) is 41.6. The van der Waals surface area contributed by atoms with Gasteiger partial charge in [-0.3, -0.25) is 0 Å². The summed E-state index contributed by atoms with van der Waals surface area (Å²) in [5.41, 5.74) is 22.0. The van der Waals surface area contributed by atoms with Gasteiger partial charge in [-0.05, 0) is 150 Å². The van der Waals surface area contributed by atoms with Gasteiger partial charge in [0.2, 0.25) is 0 Å². The Morgan fingerprint density at radius 1 is 0.320 bits per heavy atom. The van der Waals surface area contributed by atoms with Crippen molar-refractivity contribution < 1.29 is 4.42 Å². The maximum absolute atomic E-state index is 6.59. The van der Waals surface area contributed by atoms with Crippen molar-refractivity contribution in [1.82, 2.24) is 0 Å². The van der Waals surface area contributed by atoms with Crippen LogP contribution in [0.15, 0.2) is 287 Å². The average Bonchev–Trinajstić information content (AvgIpc) is 4.29. The first-order chi connectivity index (χ1) is 37.2. The van der Waals surface area contributed by atoms with Crippen LogP contribution in [-0.4, -0.2) is 0 Å². The quantitative estimate of drug-likeness (QED) is 0.165. The molecule has 0 radical (unpaired) electrons. The molecule has 0 unspecified atom stereocenters. The summed E-state index contributed by atoms with van der Waals surface area (Å²) < 4.78 is 6.59. The highest BCUT2D eigenvalue weighted by molar-refractivity contribution is 7.99. The summed E-state index contributed by atoms with van der Waals surface area (Å²) in [6, 6.07) is 101. The molecule has 1 aliphatic heterocycles. The molecule has 350 valence electrons. The van der Waals surface area contributed by atoms with Crippen molar-refractivity contribution in [2.45, 2.75) is 20.6 Å². The van der Waals surface area contributed by atoms with Gasteiger partial charge in [-0.15, -0.1) is 0 Å². The molecule has 2 heterocycles. The predicted octanol–water partition coefficient (Wildman–Crippen LogP) is 19.1. The fraction of sp³-hybridized carbons (Fsp3) is 0.0278. The number of fused-ring (bicyclic) bond motifs is 17. The van der Waals surface area contributed by atoms with Crippen LogP contribution in [-0.2, 0) is 10.8 Å². The normalized spacial score (nSPS) is 14.0. The van der Waals surface area contributed by atoms with Crippen molar-refractivity contribution in [3.05, 3.63) is 317 Å². The van der Waals surface area contributed by atoms with Gasteiger partial charge in [0, 0.05) is 43.0 Å². The maximum Gasteiger partial charge on any atom is 0.143 e. The summed E-state index contributed by atoms with van der Waals surface area (Å²) in [4.78, 5) is 5.07. The largest absolute Gasteiger partial charge is 0.455 e. The van der Waals surface area contributed by atoms with E-state index < -0.39 is 10.8 Å². The van der Waals surface area contributed by atoms with E-state index in [0.717, 1.165) is 49.8 Å². The lowest BCUT2D eigenvalue weighted by Gasteiger charge is -2.39. The second kappa shape index (κ2) is 16.2. The Morgan fingerprint density at radius 2 is 0.853 bits per heavy atom. The lowest BCUT2D eigenvalue weighted by Crippen LogP contribution is -2.31. The van der Waals surface area contributed by atoms with Crippen molar-refractivity contribution in [1.29, 1.82) is 0 Å². The second-order valence-electron chi connectivity index (χ2n) is 20.2. The topological polar surface area (TPSA) is 16.4 Å². The first-order valence-corrected chi connectivity index (χ1v) is 26.7. The van der Waals surface area contributed by atoms with E-state index in [1.54, 1.807) is 0 Å². The van der Waals surface area contributed by atoms with Gasteiger partial charge in [0.15, 0.2) is 0 Å². The van der Waals surface area contributed by atoms with E-state index in [1.807, 2.05) is 17.8 Å². The first-order valence-electron chi connectivity index (χ1n) is 25.9. The molecular weight excluding hydrogens is 927 g/mol. The van der Waals surface area contributed by atoms with Gasteiger partial charge in [-0.2, -0.15) is 0 Å². The lowest BCUT2D eigenvalue weighted by atomic mass is 9.67. The van der Waals surface area contributed by atoms with Crippen molar-refractivity contribution in [3.63, 3.8) is 0 Å². The molecule has 1 aromatic heterocycles. The van der Waals surface area contributed by atoms with Crippen LogP contribution in [0, 0.1) is 0 Å².